The molecule has 0 atom stereocenters. The van der Waals surface area contributed by atoms with E-state index in [0.717, 1.165) is 0 Å². The predicted octanol–water partition coefficient (Wildman–Crippen LogP) is 3.57. The first-order chi connectivity index (χ1) is 13.0. The van der Waals surface area contributed by atoms with E-state index in [1.165, 1.54) is 31.5 Å². The minimum atomic E-state index is -1.07. The van der Waals surface area contributed by atoms with Gasteiger partial charge in [-0.05, 0) is 36.8 Å². The van der Waals surface area contributed by atoms with Crippen LogP contribution >= 0.6 is 0 Å². The number of hydrogen-bond acceptors (Lipinski definition) is 5. The number of carbonyl (C=O) groups is 1. The fraction of sp³-hybridized carbons (Fsp3) is 0.105. The van der Waals surface area contributed by atoms with Crippen LogP contribution in [0, 0.1) is 18.6 Å². The van der Waals surface area contributed by atoms with Crippen molar-refractivity contribution in [3.05, 3.63) is 77.1 Å². The van der Waals surface area contributed by atoms with Crippen molar-refractivity contribution in [2.24, 2.45) is 5.73 Å². The second kappa shape index (κ2) is 7.77. The Morgan fingerprint density at radius 2 is 1.96 bits per heavy atom. The van der Waals surface area contributed by atoms with E-state index < -0.39 is 17.5 Å². The van der Waals surface area contributed by atoms with E-state index in [1.54, 1.807) is 24.3 Å². The molecule has 27 heavy (non-hydrogen) atoms. The average Bonchev–Trinajstić information content (AvgIpc) is 2.68. The second-order valence-corrected chi connectivity index (χ2v) is 5.73. The van der Waals surface area contributed by atoms with E-state index in [4.69, 9.17) is 10.5 Å². The number of pyridine rings is 2. The molecule has 1 aromatic carbocycles. The van der Waals surface area contributed by atoms with Crippen molar-refractivity contribution in [1.82, 2.24) is 9.97 Å². The largest absolute Gasteiger partial charge is 0.435 e. The summed E-state index contributed by atoms with van der Waals surface area (Å²) in [7, 11) is 0. The predicted molar refractivity (Wildman–Crippen MR) is 95.5 cm³/mol. The Balaban J connectivity index is 1.76. The SMILES string of the molecule is Cc1ccc(Oc2ncccc2CNc2ccc(C(N)=O)cn2)c(F)c1F. The first-order valence-corrected chi connectivity index (χ1v) is 8.02. The minimum absolute atomic E-state index is 0.140. The maximum Gasteiger partial charge on any atom is 0.250 e. The molecule has 2 heterocycles. The lowest BCUT2D eigenvalue weighted by atomic mass is 10.2. The third-order valence-electron chi connectivity index (χ3n) is 3.80. The number of aryl methyl sites for hydroxylation is 1. The first kappa shape index (κ1) is 18.2. The van der Waals surface area contributed by atoms with Crippen LogP contribution in [0.4, 0.5) is 14.6 Å². The van der Waals surface area contributed by atoms with Crippen molar-refractivity contribution < 1.29 is 18.3 Å². The minimum Gasteiger partial charge on any atom is -0.435 e. The van der Waals surface area contributed by atoms with Gasteiger partial charge in [-0.2, -0.15) is 4.39 Å². The van der Waals surface area contributed by atoms with E-state index in [9.17, 15) is 13.6 Å². The zero-order valence-electron chi connectivity index (χ0n) is 14.4. The van der Waals surface area contributed by atoms with E-state index >= 15 is 0 Å². The van der Waals surface area contributed by atoms with Crippen LogP contribution in [-0.4, -0.2) is 15.9 Å². The Kier molecular flexibility index (Phi) is 5.25. The fourth-order valence-corrected chi connectivity index (χ4v) is 2.29. The molecular weight excluding hydrogens is 354 g/mol. The van der Waals surface area contributed by atoms with Gasteiger partial charge in [-0.25, -0.2) is 14.4 Å². The molecule has 0 bridgehead atoms. The Morgan fingerprint density at radius 3 is 2.67 bits per heavy atom. The van der Waals surface area contributed by atoms with Gasteiger partial charge in [0.25, 0.3) is 0 Å². The molecule has 0 saturated carbocycles. The number of primary amides is 1. The lowest BCUT2D eigenvalue weighted by molar-refractivity contribution is 0.1000. The van der Waals surface area contributed by atoms with Crippen molar-refractivity contribution in [1.29, 1.82) is 0 Å². The zero-order valence-corrected chi connectivity index (χ0v) is 14.4. The normalized spacial score (nSPS) is 10.5. The number of halogens is 2. The van der Waals surface area contributed by atoms with E-state index in [2.05, 4.69) is 15.3 Å². The highest BCUT2D eigenvalue weighted by molar-refractivity contribution is 5.92. The molecule has 0 aliphatic heterocycles. The number of hydrogen-bond donors (Lipinski definition) is 2. The second-order valence-electron chi connectivity index (χ2n) is 5.73. The maximum atomic E-state index is 14.0. The number of nitrogens with two attached hydrogens (primary N) is 1. The Hall–Kier alpha value is -3.55. The Labute approximate surface area is 154 Å². The molecule has 6 nitrogen and oxygen atoms in total. The number of nitrogens with zero attached hydrogens (tertiary/aromatic N) is 2. The van der Waals surface area contributed by atoms with Crippen LogP contribution in [0.5, 0.6) is 11.6 Å². The molecule has 0 radical (unpaired) electrons. The van der Waals surface area contributed by atoms with Gasteiger partial charge in [-0.15, -0.1) is 0 Å². The van der Waals surface area contributed by atoms with Gasteiger partial charge in [0, 0.05) is 24.5 Å². The zero-order chi connectivity index (χ0) is 19.4. The molecule has 3 rings (SSSR count). The van der Waals surface area contributed by atoms with Gasteiger partial charge in [0.15, 0.2) is 11.6 Å². The van der Waals surface area contributed by atoms with Crippen LogP contribution in [0.15, 0.2) is 48.8 Å². The molecule has 0 aliphatic rings. The Morgan fingerprint density at radius 1 is 1.15 bits per heavy atom. The molecule has 3 aromatic rings. The highest BCUT2D eigenvalue weighted by Crippen LogP contribution is 2.28. The molecule has 1 amide bonds. The van der Waals surface area contributed by atoms with Gasteiger partial charge in [0.2, 0.25) is 17.6 Å². The lowest BCUT2D eigenvalue weighted by Gasteiger charge is -2.12. The van der Waals surface area contributed by atoms with Crippen molar-refractivity contribution in [3.8, 4) is 11.6 Å². The molecule has 0 aliphatic carbocycles. The summed E-state index contributed by atoms with van der Waals surface area (Å²) in [6, 6.07) is 9.35. The lowest BCUT2D eigenvalue weighted by Crippen LogP contribution is -2.11. The quantitative estimate of drug-likeness (QED) is 0.692. The summed E-state index contributed by atoms with van der Waals surface area (Å²) in [6.07, 6.45) is 2.84. The number of ether oxygens (including phenoxy) is 1. The number of benzene rings is 1. The summed E-state index contributed by atoms with van der Waals surface area (Å²) >= 11 is 0. The summed E-state index contributed by atoms with van der Waals surface area (Å²) in [5.41, 5.74) is 6.26. The van der Waals surface area contributed by atoms with E-state index in [-0.39, 0.29) is 23.7 Å². The number of nitrogens with one attached hydrogen (secondary N) is 1. The van der Waals surface area contributed by atoms with Gasteiger partial charge in [-0.1, -0.05) is 12.1 Å². The van der Waals surface area contributed by atoms with Crippen LogP contribution in [0.1, 0.15) is 21.5 Å². The third kappa shape index (κ3) is 4.17. The number of carbonyl (C=O) groups excluding carboxylic acids is 1. The molecular formula is C19H16F2N4O2. The molecule has 8 heteroatoms. The highest BCUT2D eigenvalue weighted by Gasteiger charge is 2.15. The smallest absolute Gasteiger partial charge is 0.250 e. The number of aromatic nitrogens is 2. The summed E-state index contributed by atoms with van der Waals surface area (Å²) in [6.45, 7) is 1.73. The van der Waals surface area contributed by atoms with Gasteiger partial charge in [0.05, 0.1) is 5.56 Å². The topological polar surface area (TPSA) is 90.1 Å². The summed E-state index contributed by atoms with van der Waals surface area (Å²) in [5, 5.41) is 3.04. The molecule has 3 N–H and O–H groups in total. The summed E-state index contributed by atoms with van der Waals surface area (Å²) in [5.74, 6) is -2.19. The molecule has 2 aromatic heterocycles. The highest BCUT2D eigenvalue weighted by atomic mass is 19.2. The van der Waals surface area contributed by atoms with Crippen molar-refractivity contribution >= 4 is 11.7 Å². The number of rotatable bonds is 6. The Bertz CT molecular complexity index is 978. The number of anilines is 1. The van der Waals surface area contributed by atoms with E-state index in [1.807, 2.05) is 0 Å². The van der Waals surface area contributed by atoms with Crippen molar-refractivity contribution in [3.63, 3.8) is 0 Å². The monoisotopic (exact) mass is 370 g/mol. The standard InChI is InChI=1S/C19H16F2N4O2/c1-11-4-6-14(17(21)16(11)20)27-19-13(3-2-8-23-19)10-25-15-7-5-12(9-24-15)18(22)26/h2-9H,10H2,1H3,(H2,22,26)(H,24,25). The van der Waals surface area contributed by atoms with Crippen molar-refractivity contribution in [2.45, 2.75) is 13.5 Å². The average molecular weight is 370 g/mol. The van der Waals surface area contributed by atoms with Crippen LogP contribution in [0.2, 0.25) is 0 Å². The van der Waals surface area contributed by atoms with Gasteiger partial charge in [-0.3, -0.25) is 4.79 Å². The van der Waals surface area contributed by atoms with Gasteiger partial charge < -0.3 is 15.8 Å². The maximum absolute atomic E-state index is 14.0. The first-order valence-electron chi connectivity index (χ1n) is 8.02. The van der Waals surface area contributed by atoms with Crippen LogP contribution in [-0.2, 0) is 6.54 Å². The molecule has 0 fully saturated rings. The fourth-order valence-electron chi connectivity index (χ4n) is 2.29. The molecule has 0 unspecified atom stereocenters. The molecule has 138 valence electrons. The van der Waals surface area contributed by atoms with E-state index in [0.29, 0.717) is 16.9 Å². The van der Waals surface area contributed by atoms with Crippen molar-refractivity contribution in [2.75, 3.05) is 5.32 Å². The van der Waals surface area contributed by atoms with Crippen LogP contribution in [0.25, 0.3) is 0 Å². The summed E-state index contributed by atoms with van der Waals surface area (Å²) < 4.78 is 33.2. The van der Waals surface area contributed by atoms with Gasteiger partial charge in [0.1, 0.15) is 5.82 Å². The number of amides is 1. The van der Waals surface area contributed by atoms with Crippen LogP contribution < -0.4 is 15.8 Å². The van der Waals surface area contributed by atoms with Gasteiger partial charge >= 0.3 is 0 Å². The third-order valence-corrected chi connectivity index (χ3v) is 3.80. The molecule has 0 saturated heterocycles. The van der Waals surface area contributed by atoms with Crippen LogP contribution in [0.3, 0.4) is 0 Å². The summed E-state index contributed by atoms with van der Waals surface area (Å²) in [4.78, 5) is 19.2. The molecule has 0 spiro atoms.